The summed E-state index contributed by atoms with van der Waals surface area (Å²) in [6.07, 6.45) is -4.93. The number of benzene rings is 1. The van der Waals surface area contributed by atoms with E-state index in [0.29, 0.717) is 12.1 Å². The second-order valence-corrected chi connectivity index (χ2v) is 2.49. The predicted molar refractivity (Wildman–Crippen MR) is 40.0 cm³/mol. The number of carboxylic acids is 1. The first-order chi connectivity index (χ1) is 6.79. The number of ether oxygens (including phenoxy) is 1. The van der Waals surface area contributed by atoms with Gasteiger partial charge in [0.1, 0.15) is 11.6 Å². The molecule has 0 amide bonds. The molecule has 3 nitrogen and oxygen atoms in total. The molecule has 0 aromatic heterocycles. The normalized spacial score (nSPS) is 11.2. The van der Waals surface area contributed by atoms with E-state index >= 15 is 0 Å². The standard InChI is InChI=1S/C8H4F4O3/c9-6-3-4(15-8(10,11)12)1-2-5(6)7(13)14/h1-3H,(H,13,14). The van der Waals surface area contributed by atoms with Crippen LogP contribution in [-0.2, 0) is 0 Å². The molecule has 0 spiro atoms. The first kappa shape index (κ1) is 11.3. The van der Waals surface area contributed by atoms with Gasteiger partial charge in [-0.25, -0.2) is 9.18 Å². The van der Waals surface area contributed by atoms with Crippen molar-refractivity contribution < 1.29 is 32.2 Å². The van der Waals surface area contributed by atoms with Crippen LogP contribution in [0, 0.1) is 5.82 Å². The molecule has 1 aromatic carbocycles. The summed E-state index contributed by atoms with van der Waals surface area (Å²) in [6.45, 7) is 0. The molecule has 82 valence electrons. The molecule has 0 saturated heterocycles. The number of carboxylic acid groups (broad SMARTS) is 1. The van der Waals surface area contributed by atoms with Crippen LogP contribution in [0.15, 0.2) is 18.2 Å². The van der Waals surface area contributed by atoms with Crippen LogP contribution >= 0.6 is 0 Å². The lowest BCUT2D eigenvalue weighted by atomic mass is 10.2. The number of hydrogen-bond donors (Lipinski definition) is 1. The van der Waals surface area contributed by atoms with Crippen LogP contribution in [0.1, 0.15) is 10.4 Å². The zero-order valence-electron chi connectivity index (χ0n) is 7.01. The minimum absolute atomic E-state index is 0.358. The van der Waals surface area contributed by atoms with Crippen molar-refractivity contribution in [1.82, 2.24) is 0 Å². The topological polar surface area (TPSA) is 46.5 Å². The summed E-state index contributed by atoms with van der Waals surface area (Å²) >= 11 is 0. The monoisotopic (exact) mass is 224 g/mol. The molecular weight excluding hydrogens is 220 g/mol. The van der Waals surface area contributed by atoms with Crippen LogP contribution in [-0.4, -0.2) is 17.4 Å². The van der Waals surface area contributed by atoms with Gasteiger partial charge in [0, 0.05) is 6.07 Å². The van der Waals surface area contributed by atoms with Crippen LogP contribution in [0.3, 0.4) is 0 Å². The van der Waals surface area contributed by atoms with E-state index in [1.165, 1.54) is 0 Å². The molecule has 0 fully saturated rings. The molecule has 0 saturated carbocycles. The van der Waals surface area contributed by atoms with Gasteiger partial charge in [-0.05, 0) is 12.1 Å². The van der Waals surface area contributed by atoms with Gasteiger partial charge in [-0.1, -0.05) is 0 Å². The van der Waals surface area contributed by atoms with Gasteiger partial charge in [-0.15, -0.1) is 13.2 Å². The molecule has 1 rings (SSSR count). The van der Waals surface area contributed by atoms with Crippen molar-refractivity contribution in [2.24, 2.45) is 0 Å². The fourth-order valence-electron chi connectivity index (χ4n) is 0.866. The van der Waals surface area contributed by atoms with E-state index in [2.05, 4.69) is 4.74 Å². The average Bonchev–Trinajstić information content (AvgIpc) is 1.99. The third-order valence-electron chi connectivity index (χ3n) is 1.40. The van der Waals surface area contributed by atoms with Gasteiger partial charge >= 0.3 is 12.3 Å². The largest absolute Gasteiger partial charge is 0.573 e. The Hall–Kier alpha value is -1.79. The van der Waals surface area contributed by atoms with Crippen molar-refractivity contribution in [2.75, 3.05) is 0 Å². The highest BCUT2D eigenvalue weighted by molar-refractivity contribution is 5.88. The lowest BCUT2D eigenvalue weighted by Crippen LogP contribution is -2.17. The van der Waals surface area contributed by atoms with Crippen LogP contribution in [0.4, 0.5) is 17.6 Å². The van der Waals surface area contributed by atoms with E-state index in [9.17, 15) is 22.4 Å². The highest BCUT2D eigenvalue weighted by atomic mass is 19.4. The molecule has 0 radical (unpaired) electrons. The van der Waals surface area contributed by atoms with E-state index in [1.54, 1.807) is 0 Å². The third-order valence-corrected chi connectivity index (χ3v) is 1.40. The molecular formula is C8H4F4O3. The molecule has 0 aliphatic heterocycles. The summed E-state index contributed by atoms with van der Waals surface area (Å²) in [4.78, 5) is 10.3. The van der Waals surface area contributed by atoms with Crippen molar-refractivity contribution in [2.45, 2.75) is 6.36 Å². The molecule has 0 heterocycles. The lowest BCUT2D eigenvalue weighted by molar-refractivity contribution is -0.274. The predicted octanol–water partition coefficient (Wildman–Crippen LogP) is 2.42. The maximum Gasteiger partial charge on any atom is 0.573 e. The number of carbonyl (C=O) groups is 1. The Labute approximate surface area is 80.9 Å². The SMILES string of the molecule is O=C(O)c1ccc(OC(F)(F)F)cc1F. The van der Waals surface area contributed by atoms with Gasteiger partial charge in [0.25, 0.3) is 0 Å². The van der Waals surface area contributed by atoms with E-state index < -0.39 is 29.5 Å². The first-order valence-electron chi connectivity index (χ1n) is 3.58. The Morgan fingerprint density at radius 2 is 1.93 bits per heavy atom. The Kier molecular flexibility index (Phi) is 2.83. The Balaban J connectivity index is 2.97. The summed E-state index contributed by atoms with van der Waals surface area (Å²) in [7, 11) is 0. The van der Waals surface area contributed by atoms with Gasteiger partial charge in [0.15, 0.2) is 0 Å². The van der Waals surface area contributed by atoms with Crippen LogP contribution in [0.2, 0.25) is 0 Å². The van der Waals surface area contributed by atoms with Crippen LogP contribution < -0.4 is 4.74 Å². The van der Waals surface area contributed by atoms with Crippen LogP contribution in [0.25, 0.3) is 0 Å². The van der Waals surface area contributed by atoms with Gasteiger partial charge in [0.05, 0.1) is 5.56 Å². The van der Waals surface area contributed by atoms with Crippen molar-refractivity contribution in [3.63, 3.8) is 0 Å². The molecule has 0 aliphatic carbocycles. The van der Waals surface area contributed by atoms with E-state index in [4.69, 9.17) is 5.11 Å². The zero-order valence-corrected chi connectivity index (χ0v) is 7.01. The number of aromatic carboxylic acids is 1. The van der Waals surface area contributed by atoms with Crippen LogP contribution in [0.5, 0.6) is 5.75 Å². The molecule has 0 aliphatic rings. The maximum absolute atomic E-state index is 12.8. The summed E-state index contributed by atoms with van der Waals surface area (Å²) in [5.41, 5.74) is -0.718. The summed E-state index contributed by atoms with van der Waals surface area (Å²) in [5, 5.41) is 8.39. The van der Waals surface area contributed by atoms with E-state index in [1.807, 2.05) is 0 Å². The molecule has 1 aromatic rings. The minimum atomic E-state index is -4.93. The number of alkyl halides is 3. The van der Waals surface area contributed by atoms with E-state index in [-0.39, 0.29) is 0 Å². The van der Waals surface area contributed by atoms with E-state index in [0.717, 1.165) is 6.07 Å². The molecule has 15 heavy (non-hydrogen) atoms. The second-order valence-electron chi connectivity index (χ2n) is 2.49. The number of hydrogen-bond acceptors (Lipinski definition) is 2. The summed E-state index contributed by atoms with van der Waals surface area (Å²) < 4.78 is 51.2. The Morgan fingerprint density at radius 1 is 1.33 bits per heavy atom. The second kappa shape index (κ2) is 3.76. The fourth-order valence-corrected chi connectivity index (χ4v) is 0.866. The van der Waals surface area contributed by atoms with Crippen molar-refractivity contribution in [1.29, 1.82) is 0 Å². The maximum atomic E-state index is 12.8. The smallest absolute Gasteiger partial charge is 0.478 e. The average molecular weight is 224 g/mol. The number of halogens is 4. The zero-order chi connectivity index (χ0) is 11.6. The first-order valence-corrected chi connectivity index (χ1v) is 3.58. The van der Waals surface area contributed by atoms with Gasteiger partial charge in [-0.2, -0.15) is 0 Å². The van der Waals surface area contributed by atoms with Gasteiger partial charge in [-0.3, -0.25) is 0 Å². The lowest BCUT2D eigenvalue weighted by Gasteiger charge is -2.08. The molecule has 0 unspecified atom stereocenters. The highest BCUT2D eigenvalue weighted by Gasteiger charge is 2.31. The van der Waals surface area contributed by atoms with Crippen molar-refractivity contribution in [3.05, 3.63) is 29.6 Å². The minimum Gasteiger partial charge on any atom is -0.478 e. The molecule has 7 heteroatoms. The quantitative estimate of drug-likeness (QED) is 0.784. The summed E-state index contributed by atoms with van der Waals surface area (Å²) in [6, 6.07) is 1.77. The summed E-state index contributed by atoms with van der Waals surface area (Å²) in [5.74, 6) is -3.65. The van der Waals surface area contributed by atoms with Crippen molar-refractivity contribution >= 4 is 5.97 Å². The molecule has 1 N–H and O–H groups in total. The third kappa shape index (κ3) is 3.12. The highest BCUT2D eigenvalue weighted by Crippen LogP contribution is 2.24. The Morgan fingerprint density at radius 3 is 2.33 bits per heavy atom. The fraction of sp³-hybridized carbons (Fsp3) is 0.125. The molecule has 0 atom stereocenters. The van der Waals surface area contributed by atoms with Gasteiger partial charge < -0.3 is 9.84 Å². The molecule has 0 bridgehead atoms. The number of rotatable bonds is 2. The van der Waals surface area contributed by atoms with Gasteiger partial charge in [0.2, 0.25) is 0 Å². The Bertz CT molecular complexity index is 386. The van der Waals surface area contributed by atoms with Crippen molar-refractivity contribution in [3.8, 4) is 5.75 Å².